The molecule has 0 saturated carbocycles. The second-order valence-corrected chi connectivity index (χ2v) is 7.01. The first kappa shape index (κ1) is 23.9. The van der Waals surface area contributed by atoms with Gasteiger partial charge in [-0.1, -0.05) is 17.7 Å². The van der Waals surface area contributed by atoms with Gasteiger partial charge in [0.05, 0.1) is 6.54 Å². The lowest BCUT2D eigenvalue weighted by Gasteiger charge is -2.11. The molecule has 162 valence electrons. The summed E-state index contributed by atoms with van der Waals surface area (Å²) in [5.41, 5.74) is 3.00. The minimum absolute atomic E-state index is 0. The molecule has 0 amide bonds. The number of oxazole rings is 1. The van der Waals surface area contributed by atoms with Crippen LogP contribution in [-0.2, 0) is 13.1 Å². The molecule has 3 aromatic rings. The Labute approximate surface area is 195 Å². The third-order valence-corrected chi connectivity index (χ3v) is 4.64. The number of nitrogens with zero attached hydrogens (tertiary/aromatic N) is 4. The average Bonchev–Trinajstić information content (AvgIpc) is 3.35. The van der Waals surface area contributed by atoms with Gasteiger partial charge in [-0.3, -0.25) is 0 Å². The van der Waals surface area contributed by atoms with Crippen molar-refractivity contribution < 1.29 is 4.42 Å². The van der Waals surface area contributed by atoms with Gasteiger partial charge in [-0.15, -0.1) is 24.0 Å². The SMILES string of the molecule is CCNC(=NCc1coc(-c2ccc(C)cc2)n1)NCCCCn1ccnc1C.I. The number of guanidine groups is 1. The first-order valence-corrected chi connectivity index (χ1v) is 10.2. The van der Waals surface area contributed by atoms with Crippen LogP contribution in [-0.4, -0.2) is 33.6 Å². The molecule has 1 aromatic carbocycles. The maximum Gasteiger partial charge on any atom is 0.226 e. The minimum Gasteiger partial charge on any atom is -0.444 e. The number of benzene rings is 1. The van der Waals surface area contributed by atoms with Crippen molar-refractivity contribution in [2.24, 2.45) is 4.99 Å². The van der Waals surface area contributed by atoms with E-state index in [2.05, 4.69) is 56.1 Å². The van der Waals surface area contributed by atoms with Gasteiger partial charge in [0.1, 0.15) is 17.8 Å². The summed E-state index contributed by atoms with van der Waals surface area (Å²) in [4.78, 5) is 13.4. The predicted octanol–water partition coefficient (Wildman–Crippen LogP) is 4.31. The zero-order valence-electron chi connectivity index (χ0n) is 17.9. The molecule has 7 nitrogen and oxygen atoms in total. The summed E-state index contributed by atoms with van der Waals surface area (Å²) in [5, 5.41) is 6.66. The molecule has 0 aliphatic carbocycles. The molecule has 0 bridgehead atoms. The number of aryl methyl sites for hydroxylation is 3. The molecule has 2 aromatic heterocycles. The maximum absolute atomic E-state index is 5.61. The second-order valence-electron chi connectivity index (χ2n) is 7.01. The van der Waals surface area contributed by atoms with Crippen molar-refractivity contribution in [2.75, 3.05) is 13.1 Å². The Bertz CT molecular complexity index is 916. The van der Waals surface area contributed by atoms with Crippen molar-refractivity contribution in [1.29, 1.82) is 0 Å². The van der Waals surface area contributed by atoms with Crippen molar-refractivity contribution in [2.45, 2.75) is 46.7 Å². The van der Waals surface area contributed by atoms with E-state index in [-0.39, 0.29) is 24.0 Å². The number of hydrogen-bond donors (Lipinski definition) is 2. The van der Waals surface area contributed by atoms with Crippen molar-refractivity contribution in [3.8, 4) is 11.5 Å². The second kappa shape index (κ2) is 12.4. The fraction of sp³-hybridized carbons (Fsp3) is 0.409. The fourth-order valence-electron chi connectivity index (χ4n) is 2.96. The summed E-state index contributed by atoms with van der Waals surface area (Å²) in [6.07, 6.45) is 7.70. The van der Waals surface area contributed by atoms with Gasteiger partial charge < -0.3 is 19.6 Å². The first-order chi connectivity index (χ1) is 14.2. The van der Waals surface area contributed by atoms with Gasteiger partial charge in [0.2, 0.25) is 5.89 Å². The van der Waals surface area contributed by atoms with Crippen LogP contribution in [0.3, 0.4) is 0 Å². The lowest BCUT2D eigenvalue weighted by atomic mass is 10.1. The van der Waals surface area contributed by atoms with Crippen LogP contribution in [0.25, 0.3) is 11.5 Å². The van der Waals surface area contributed by atoms with E-state index in [1.54, 1.807) is 6.26 Å². The molecular formula is C22H31IN6O. The molecule has 0 saturated heterocycles. The highest BCUT2D eigenvalue weighted by atomic mass is 127. The van der Waals surface area contributed by atoms with Gasteiger partial charge in [-0.2, -0.15) is 0 Å². The number of aliphatic imine (C=N–C) groups is 1. The Morgan fingerprint density at radius 3 is 2.63 bits per heavy atom. The highest BCUT2D eigenvalue weighted by Gasteiger charge is 2.07. The topological polar surface area (TPSA) is 80.3 Å². The van der Waals surface area contributed by atoms with Gasteiger partial charge in [0.25, 0.3) is 0 Å². The van der Waals surface area contributed by atoms with Crippen LogP contribution in [0.1, 0.15) is 36.8 Å². The number of unbranched alkanes of at least 4 members (excludes halogenated alkanes) is 1. The standard InChI is InChI=1S/C22H30N6O.HI/c1-4-23-22(25-11-5-6-13-28-14-12-24-18(28)3)26-15-20-16-29-21(27-20)19-9-7-17(2)8-10-19;/h7-10,12,14,16H,4-6,11,13,15H2,1-3H3,(H2,23,25,26);1H. The zero-order chi connectivity index (χ0) is 20.5. The van der Waals surface area contributed by atoms with E-state index in [9.17, 15) is 0 Å². The van der Waals surface area contributed by atoms with E-state index < -0.39 is 0 Å². The number of aromatic nitrogens is 3. The number of rotatable bonds is 9. The minimum atomic E-state index is 0. The van der Waals surface area contributed by atoms with Crippen LogP contribution >= 0.6 is 24.0 Å². The van der Waals surface area contributed by atoms with E-state index in [1.165, 1.54) is 5.56 Å². The summed E-state index contributed by atoms with van der Waals surface area (Å²) in [7, 11) is 0. The van der Waals surface area contributed by atoms with E-state index >= 15 is 0 Å². The van der Waals surface area contributed by atoms with Gasteiger partial charge in [0.15, 0.2) is 5.96 Å². The van der Waals surface area contributed by atoms with Crippen molar-refractivity contribution in [1.82, 2.24) is 25.2 Å². The predicted molar refractivity (Wildman–Crippen MR) is 131 cm³/mol. The van der Waals surface area contributed by atoms with Crippen molar-refractivity contribution in [3.05, 3.63) is 60.0 Å². The number of imidazole rings is 1. The van der Waals surface area contributed by atoms with E-state index in [1.807, 2.05) is 31.5 Å². The molecule has 0 aliphatic rings. The third-order valence-electron chi connectivity index (χ3n) is 4.64. The lowest BCUT2D eigenvalue weighted by molar-refractivity contribution is 0.572. The van der Waals surface area contributed by atoms with E-state index in [0.29, 0.717) is 12.4 Å². The quantitative estimate of drug-likeness (QED) is 0.190. The molecule has 0 aliphatic heterocycles. The molecule has 30 heavy (non-hydrogen) atoms. The molecule has 0 fully saturated rings. The van der Waals surface area contributed by atoms with Gasteiger partial charge in [-0.05, 0) is 45.7 Å². The highest BCUT2D eigenvalue weighted by molar-refractivity contribution is 14.0. The number of halogens is 1. The maximum atomic E-state index is 5.61. The number of hydrogen-bond acceptors (Lipinski definition) is 4. The lowest BCUT2D eigenvalue weighted by Crippen LogP contribution is -2.37. The summed E-state index contributed by atoms with van der Waals surface area (Å²) in [5.74, 6) is 2.49. The van der Waals surface area contributed by atoms with Crippen molar-refractivity contribution in [3.63, 3.8) is 0 Å². The highest BCUT2D eigenvalue weighted by Crippen LogP contribution is 2.19. The normalized spacial score (nSPS) is 11.2. The van der Waals surface area contributed by atoms with Gasteiger partial charge >= 0.3 is 0 Å². The summed E-state index contributed by atoms with van der Waals surface area (Å²) in [6, 6.07) is 8.15. The fourth-order valence-corrected chi connectivity index (χ4v) is 2.96. The summed E-state index contributed by atoms with van der Waals surface area (Å²) < 4.78 is 7.79. The van der Waals surface area contributed by atoms with Gasteiger partial charge in [-0.25, -0.2) is 15.0 Å². The Balaban J connectivity index is 0.00000320. The monoisotopic (exact) mass is 522 g/mol. The Hall–Kier alpha value is -2.36. The Kier molecular flexibility index (Phi) is 9.85. The van der Waals surface area contributed by atoms with E-state index in [4.69, 9.17) is 4.42 Å². The molecular weight excluding hydrogens is 491 g/mol. The molecule has 0 spiro atoms. The molecule has 0 unspecified atom stereocenters. The molecule has 0 atom stereocenters. The average molecular weight is 522 g/mol. The van der Waals surface area contributed by atoms with Crippen LogP contribution in [0.4, 0.5) is 0 Å². The summed E-state index contributed by atoms with van der Waals surface area (Å²) >= 11 is 0. The molecule has 2 heterocycles. The third kappa shape index (κ3) is 7.16. The van der Waals surface area contributed by atoms with Crippen LogP contribution in [0.5, 0.6) is 0 Å². The van der Waals surface area contributed by atoms with Crippen LogP contribution in [0.15, 0.2) is 52.3 Å². The Morgan fingerprint density at radius 1 is 1.13 bits per heavy atom. The van der Waals surface area contributed by atoms with Crippen LogP contribution in [0, 0.1) is 13.8 Å². The molecule has 2 N–H and O–H groups in total. The Morgan fingerprint density at radius 2 is 1.93 bits per heavy atom. The van der Waals surface area contributed by atoms with Crippen molar-refractivity contribution >= 4 is 29.9 Å². The zero-order valence-corrected chi connectivity index (χ0v) is 20.2. The van der Waals surface area contributed by atoms with Crippen LogP contribution < -0.4 is 10.6 Å². The van der Waals surface area contributed by atoms with E-state index in [0.717, 1.165) is 55.5 Å². The number of nitrogens with one attached hydrogen (secondary N) is 2. The van der Waals surface area contributed by atoms with Crippen LogP contribution in [0.2, 0.25) is 0 Å². The molecule has 3 rings (SSSR count). The smallest absolute Gasteiger partial charge is 0.226 e. The van der Waals surface area contributed by atoms with Gasteiger partial charge in [0, 0.05) is 37.6 Å². The largest absolute Gasteiger partial charge is 0.444 e. The summed E-state index contributed by atoms with van der Waals surface area (Å²) in [6.45, 7) is 9.29. The molecule has 0 radical (unpaired) electrons. The first-order valence-electron chi connectivity index (χ1n) is 10.2. The molecule has 8 heteroatoms.